The lowest BCUT2D eigenvalue weighted by atomic mass is 9.74. The molecule has 1 atom stereocenters. The van der Waals surface area contributed by atoms with E-state index >= 15 is 0 Å². The molecule has 122 valence electrons. The first kappa shape index (κ1) is 16.0. The van der Waals surface area contributed by atoms with Gasteiger partial charge in [0.05, 0.1) is 18.0 Å². The Hall–Kier alpha value is -1.90. The van der Waals surface area contributed by atoms with Crippen molar-refractivity contribution in [3.05, 3.63) is 42.1 Å². The molecule has 1 unspecified atom stereocenters. The molecule has 0 bridgehead atoms. The summed E-state index contributed by atoms with van der Waals surface area (Å²) in [5, 5.41) is 1.27. The maximum Gasteiger partial charge on any atom is 0.308 e. The van der Waals surface area contributed by atoms with Crippen LogP contribution in [0.1, 0.15) is 51.0 Å². The van der Waals surface area contributed by atoms with Crippen molar-refractivity contribution >= 4 is 16.9 Å². The van der Waals surface area contributed by atoms with Crippen molar-refractivity contribution in [1.82, 2.24) is 4.98 Å². The van der Waals surface area contributed by atoms with Gasteiger partial charge in [-0.25, -0.2) is 0 Å². The number of rotatable bonds is 4. The highest BCUT2D eigenvalue weighted by Gasteiger charge is 2.30. The summed E-state index contributed by atoms with van der Waals surface area (Å²) in [6, 6.07) is 10.5. The summed E-state index contributed by atoms with van der Waals surface area (Å²) in [7, 11) is 0. The van der Waals surface area contributed by atoms with E-state index in [-0.39, 0.29) is 11.9 Å². The van der Waals surface area contributed by atoms with Gasteiger partial charge in [0, 0.05) is 11.6 Å². The Bertz CT molecular complexity index is 669. The molecule has 0 amide bonds. The van der Waals surface area contributed by atoms with E-state index in [1.807, 2.05) is 26.1 Å². The average Bonchev–Trinajstić information content (AvgIpc) is 2.61. The number of carbonyl (C=O) groups is 1. The number of para-hydroxylation sites is 1. The van der Waals surface area contributed by atoms with Crippen molar-refractivity contribution in [2.45, 2.75) is 45.4 Å². The summed E-state index contributed by atoms with van der Waals surface area (Å²) in [6.45, 7) is 4.36. The van der Waals surface area contributed by atoms with Crippen LogP contribution < -0.4 is 0 Å². The van der Waals surface area contributed by atoms with Crippen molar-refractivity contribution in [1.29, 1.82) is 0 Å². The van der Waals surface area contributed by atoms with E-state index in [1.54, 1.807) is 0 Å². The SMILES string of the molecule is CCOC(=O)C(C)C1CCC(c2ccnc3ccccc23)CC1. The van der Waals surface area contributed by atoms with Crippen LogP contribution in [0.25, 0.3) is 10.9 Å². The maximum atomic E-state index is 11.9. The van der Waals surface area contributed by atoms with E-state index in [0.717, 1.165) is 31.2 Å². The molecule has 1 saturated carbocycles. The Labute approximate surface area is 138 Å². The van der Waals surface area contributed by atoms with E-state index < -0.39 is 0 Å². The summed E-state index contributed by atoms with van der Waals surface area (Å²) in [4.78, 5) is 16.4. The molecule has 1 heterocycles. The Morgan fingerprint density at radius 3 is 2.70 bits per heavy atom. The van der Waals surface area contributed by atoms with E-state index in [9.17, 15) is 4.79 Å². The molecule has 0 radical (unpaired) electrons. The number of hydrogen-bond donors (Lipinski definition) is 0. The number of fused-ring (bicyclic) bond motifs is 1. The Balaban J connectivity index is 1.70. The maximum absolute atomic E-state index is 11.9. The van der Waals surface area contributed by atoms with Gasteiger partial charge in [0.25, 0.3) is 0 Å². The van der Waals surface area contributed by atoms with Crippen LogP contribution in [0.2, 0.25) is 0 Å². The third-order valence-corrected chi connectivity index (χ3v) is 5.26. The number of hydrogen-bond acceptors (Lipinski definition) is 3. The van der Waals surface area contributed by atoms with Gasteiger partial charge in [-0.05, 0) is 62.1 Å². The van der Waals surface area contributed by atoms with E-state index in [4.69, 9.17) is 4.74 Å². The number of ether oxygens (including phenoxy) is 1. The molecular formula is C20H25NO2. The van der Waals surface area contributed by atoms with E-state index in [2.05, 4.69) is 29.2 Å². The van der Waals surface area contributed by atoms with Gasteiger partial charge >= 0.3 is 5.97 Å². The molecule has 3 rings (SSSR count). The number of benzene rings is 1. The van der Waals surface area contributed by atoms with Crippen molar-refractivity contribution in [3.8, 4) is 0 Å². The fourth-order valence-electron chi connectivity index (χ4n) is 3.87. The molecule has 3 nitrogen and oxygen atoms in total. The molecule has 1 aromatic heterocycles. The molecule has 0 N–H and O–H groups in total. The summed E-state index contributed by atoms with van der Waals surface area (Å²) < 4.78 is 5.18. The molecule has 1 aliphatic rings. The fourth-order valence-corrected chi connectivity index (χ4v) is 3.87. The van der Waals surface area contributed by atoms with Gasteiger partial charge in [-0.15, -0.1) is 0 Å². The third-order valence-electron chi connectivity index (χ3n) is 5.26. The standard InChI is InChI=1S/C20H25NO2/c1-3-23-20(22)14(2)15-8-10-16(11-9-15)17-12-13-21-19-7-5-4-6-18(17)19/h4-7,12-16H,3,8-11H2,1-2H3. The number of pyridine rings is 1. The fraction of sp³-hybridized carbons (Fsp3) is 0.500. The van der Waals surface area contributed by atoms with Crippen molar-refractivity contribution < 1.29 is 9.53 Å². The molecule has 0 aliphatic heterocycles. The van der Waals surface area contributed by atoms with Crippen LogP contribution in [-0.2, 0) is 9.53 Å². The second-order valence-electron chi connectivity index (χ2n) is 6.57. The molecule has 0 saturated heterocycles. The normalized spacial score (nSPS) is 22.7. The van der Waals surface area contributed by atoms with Crippen molar-refractivity contribution in [2.75, 3.05) is 6.61 Å². The molecule has 1 aromatic carbocycles. The Kier molecular flexibility index (Phi) is 4.94. The minimum Gasteiger partial charge on any atom is -0.466 e. The summed E-state index contributed by atoms with van der Waals surface area (Å²) in [6.07, 6.45) is 6.40. The molecule has 1 aliphatic carbocycles. The second-order valence-corrected chi connectivity index (χ2v) is 6.57. The Morgan fingerprint density at radius 2 is 1.96 bits per heavy atom. The lowest BCUT2D eigenvalue weighted by Gasteiger charge is -2.32. The zero-order chi connectivity index (χ0) is 16.2. The highest BCUT2D eigenvalue weighted by atomic mass is 16.5. The molecule has 0 spiro atoms. The highest BCUT2D eigenvalue weighted by Crippen LogP contribution is 2.40. The molecule has 1 fully saturated rings. The predicted molar refractivity (Wildman–Crippen MR) is 92.2 cm³/mol. The zero-order valence-corrected chi connectivity index (χ0v) is 14.0. The molecule has 2 aromatic rings. The third kappa shape index (κ3) is 3.39. The molecular weight excluding hydrogens is 286 g/mol. The smallest absolute Gasteiger partial charge is 0.308 e. The van der Waals surface area contributed by atoms with E-state index in [1.165, 1.54) is 10.9 Å². The minimum absolute atomic E-state index is 0.0186. The van der Waals surface area contributed by atoms with Crippen LogP contribution in [-0.4, -0.2) is 17.6 Å². The van der Waals surface area contributed by atoms with Crippen LogP contribution >= 0.6 is 0 Å². The lowest BCUT2D eigenvalue weighted by molar-refractivity contribution is -0.149. The highest BCUT2D eigenvalue weighted by molar-refractivity contribution is 5.82. The monoisotopic (exact) mass is 311 g/mol. The van der Waals surface area contributed by atoms with Gasteiger partial charge in [0.15, 0.2) is 0 Å². The van der Waals surface area contributed by atoms with Gasteiger partial charge in [-0.1, -0.05) is 25.1 Å². The Morgan fingerprint density at radius 1 is 1.22 bits per heavy atom. The van der Waals surface area contributed by atoms with Gasteiger partial charge in [0.2, 0.25) is 0 Å². The number of nitrogens with zero attached hydrogens (tertiary/aromatic N) is 1. The van der Waals surface area contributed by atoms with Crippen LogP contribution in [0, 0.1) is 11.8 Å². The number of esters is 1. The van der Waals surface area contributed by atoms with Gasteiger partial charge in [-0.2, -0.15) is 0 Å². The van der Waals surface area contributed by atoms with Crippen LogP contribution in [0.4, 0.5) is 0 Å². The predicted octanol–water partition coefficient (Wildman–Crippen LogP) is 4.71. The quantitative estimate of drug-likeness (QED) is 0.768. The molecule has 23 heavy (non-hydrogen) atoms. The lowest BCUT2D eigenvalue weighted by Crippen LogP contribution is -2.26. The van der Waals surface area contributed by atoms with Crippen molar-refractivity contribution in [2.24, 2.45) is 11.8 Å². The topological polar surface area (TPSA) is 39.2 Å². The first-order valence-electron chi connectivity index (χ1n) is 8.71. The summed E-state index contributed by atoms with van der Waals surface area (Å²) in [5.74, 6) is 1.02. The number of carbonyl (C=O) groups excluding carboxylic acids is 1. The molecule has 3 heteroatoms. The summed E-state index contributed by atoms with van der Waals surface area (Å²) in [5.41, 5.74) is 2.49. The zero-order valence-electron chi connectivity index (χ0n) is 14.0. The van der Waals surface area contributed by atoms with Gasteiger partial charge < -0.3 is 4.74 Å². The first-order chi connectivity index (χ1) is 11.2. The minimum atomic E-state index is -0.0367. The van der Waals surface area contributed by atoms with Crippen LogP contribution in [0.3, 0.4) is 0 Å². The summed E-state index contributed by atoms with van der Waals surface area (Å²) >= 11 is 0. The largest absolute Gasteiger partial charge is 0.466 e. The van der Waals surface area contributed by atoms with Crippen molar-refractivity contribution in [3.63, 3.8) is 0 Å². The van der Waals surface area contributed by atoms with Gasteiger partial charge in [0.1, 0.15) is 0 Å². The second kappa shape index (κ2) is 7.12. The number of aromatic nitrogens is 1. The van der Waals surface area contributed by atoms with Gasteiger partial charge in [-0.3, -0.25) is 9.78 Å². The average molecular weight is 311 g/mol. The first-order valence-corrected chi connectivity index (χ1v) is 8.71. The van der Waals surface area contributed by atoms with Crippen LogP contribution in [0.5, 0.6) is 0 Å². The van der Waals surface area contributed by atoms with Crippen LogP contribution in [0.15, 0.2) is 36.5 Å². The van der Waals surface area contributed by atoms with E-state index in [0.29, 0.717) is 18.4 Å².